The average Bonchev–Trinajstić information content (AvgIpc) is 3.18. The summed E-state index contributed by atoms with van der Waals surface area (Å²) < 4.78 is 42.8. The summed E-state index contributed by atoms with van der Waals surface area (Å²) in [6.45, 7) is 1.36. The molecule has 2 aliphatic heterocycles. The predicted octanol–water partition coefficient (Wildman–Crippen LogP) is 2.81. The molecule has 4 rings (SSSR count). The minimum atomic E-state index is -3.51. The fourth-order valence-electron chi connectivity index (χ4n) is 3.96. The number of aromatic nitrogens is 3. The van der Waals surface area contributed by atoms with Crippen LogP contribution in [0, 0.1) is 5.82 Å². The van der Waals surface area contributed by atoms with Crippen LogP contribution in [0.5, 0.6) is 0 Å². The third-order valence-electron chi connectivity index (χ3n) is 5.26. The molecule has 0 aliphatic carbocycles. The Kier molecular flexibility index (Phi) is 4.79. The summed E-state index contributed by atoms with van der Waals surface area (Å²) in [6.07, 6.45) is 5.83. The van der Waals surface area contributed by atoms with Gasteiger partial charge in [0.1, 0.15) is 11.6 Å². The van der Waals surface area contributed by atoms with Crippen LogP contribution in [0.25, 0.3) is 0 Å². The van der Waals surface area contributed by atoms with Crippen molar-refractivity contribution in [2.24, 2.45) is 0 Å². The molecule has 0 saturated carbocycles. The van der Waals surface area contributed by atoms with Crippen LogP contribution in [0.3, 0.4) is 0 Å². The minimum absolute atomic E-state index is 0.120. The molecule has 8 heteroatoms. The Morgan fingerprint density at radius 1 is 1.04 bits per heavy atom. The monoisotopic (exact) mass is 378 g/mol. The standard InChI is InChI=1S/C18H23FN4O2S/c19-15-9-7-14(8-10-15)13-26(24,25)23-12-4-5-16(23)18-21-20-17-6-2-1-3-11-22(17)18/h7-10,16H,1-6,11-13H2. The van der Waals surface area contributed by atoms with E-state index in [2.05, 4.69) is 14.8 Å². The lowest BCUT2D eigenvalue weighted by molar-refractivity contribution is 0.370. The zero-order valence-corrected chi connectivity index (χ0v) is 15.5. The van der Waals surface area contributed by atoms with Crippen molar-refractivity contribution in [3.05, 3.63) is 47.3 Å². The van der Waals surface area contributed by atoms with E-state index in [1.165, 1.54) is 30.7 Å². The molecule has 1 aromatic heterocycles. The fourth-order valence-corrected chi connectivity index (χ4v) is 5.73. The van der Waals surface area contributed by atoms with Gasteiger partial charge in [-0.25, -0.2) is 12.8 Å². The van der Waals surface area contributed by atoms with Crippen molar-refractivity contribution in [3.63, 3.8) is 0 Å². The quantitative estimate of drug-likeness (QED) is 0.820. The number of hydrogen-bond donors (Lipinski definition) is 0. The Morgan fingerprint density at radius 2 is 1.85 bits per heavy atom. The number of rotatable bonds is 4. The Morgan fingerprint density at radius 3 is 2.65 bits per heavy atom. The summed E-state index contributed by atoms with van der Waals surface area (Å²) in [6, 6.07) is 5.40. The van der Waals surface area contributed by atoms with Gasteiger partial charge >= 0.3 is 0 Å². The summed E-state index contributed by atoms with van der Waals surface area (Å²) >= 11 is 0. The van der Waals surface area contributed by atoms with Crippen LogP contribution in [0.2, 0.25) is 0 Å². The second-order valence-electron chi connectivity index (χ2n) is 7.09. The molecule has 2 aliphatic rings. The van der Waals surface area contributed by atoms with E-state index in [1.54, 1.807) is 4.31 Å². The second-order valence-corrected chi connectivity index (χ2v) is 9.01. The minimum Gasteiger partial charge on any atom is -0.314 e. The number of hydrogen-bond acceptors (Lipinski definition) is 4. The SMILES string of the molecule is O=S(=O)(Cc1ccc(F)cc1)N1CCCC1c1nnc2n1CCCCC2. The summed E-state index contributed by atoms with van der Waals surface area (Å²) in [7, 11) is -3.51. The molecule has 0 amide bonds. The molecule has 3 heterocycles. The van der Waals surface area contributed by atoms with E-state index in [1.807, 2.05) is 0 Å². The number of sulfonamides is 1. The van der Waals surface area contributed by atoms with Crippen molar-refractivity contribution in [2.45, 2.75) is 56.9 Å². The van der Waals surface area contributed by atoms with Crippen LogP contribution in [0.1, 0.15) is 55.4 Å². The second kappa shape index (κ2) is 7.08. The van der Waals surface area contributed by atoms with Gasteiger partial charge in [-0.2, -0.15) is 4.31 Å². The lowest BCUT2D eigenvalue weighted by Gasteiger charge is -2.24. The number of fused-ring (bicyclic) bond motifs is 1. The summed E-state index contributed by atoms with van der Waals surface area (Å²) in [5.74, 6) is 1.27. The normalized spacial score (nSPS) is 21.5. The van der Waals surface area contributed by atoms with Gasteiger partial charge in [0.15, 0.2) is 5.82 Å². The first-order valence-electron chi connectivity index (χ1n) is 9.20. The molecule has 1 atom stereocenters. The largest absolute Gasteiger partial charge is 0.314 e. The van der Waals surface area contributed by atoms with Crippen LogP contribution < -0.4 is 0 Å². The third kappa shape index (κ3) is 3.40. The molecular weight excluding hydrogens is 355 g/mol. The van der Waals surface area contributed by atoms with E-state index < -0.39 is 10.0 Å². The Balaban J connectivity index is 1.60. The number of aryl methyl sites for hydroxylation is 1. The van der Waals surface area contributed by atoms with Gasteiger partial charge < -0.3 is 4.57 Å². The third-order valence-corrected chi connectivity index (χ3v) is 7.11. The van der Waals surface area contributed by atoms with Gasteiger partial charge in [0.05, 0.1) is 11.8 Å². The highest BCUT2D eigenvalue weighted by molar-refractivity contribution is 7.88. The fraction of sp³-hybridized carbons (Fsp3) is 0.556. The number of halogens is 1. The maximum absolute atomic E-state index is 13.1. The molecule has 1 saturated heterocycles. The van der Waals surface area contributed by atoms with Crippen LogP contribution >= 0.6 is 0 Å². The maximum atomic E-state index is 13.1. The molecule has 0 bridgehead atoms. The Bertz CT molecular complexity index is 879. The number of benzene rings is 1. The molecule has 1 aromatic carbocycles. The molecule has 1 fully saturated rings. The first-order chi connectivity index (χ1) is 12.5. The van der Waals surface area contributed by atoms with Crippen molar-refractivity contribution < 1.29 is 12.8 Å². The number of nitrogens with zero attached hydrogens (tertiary/aromatic N) is 4. The highest BCUT2D eigenvalue weighted by Gasteiger charge is 2.38. The predicted molar refractivity (Wildman–Crippen MR) is 95.3 cm³/mol. The highest BCUT2D eigenvalue weighted by atomic mass is 32.2. The summed E-state index contributed by atoms with van der Waals surface area (Å²) in [4.78, 5) is 0. The summed E-state index contributed by atoms with van der Waals surface area (Å²) in [5.41, 5.74) is 0.595. The van der Waals surface area contributed by atoms with Gasteiger partial charge in [-0.15, -0.1) is 10.2 Å². The van der Waals surface area contributed by atoms with Crippen LogP contribution in [0.4, 0.5) is 4.39 Å². The molecule has 0 radical (unpaired) electrons. The highest BCUT2D eigenvalue weighted by Crippen LogP contribution is 2.35. The molecule has 26 heavy (non-hydrogen) atoms. The Labute approximate surface area is 153 Å². The molecular formula is C18H23FN4O2S. The molecule has 0 N–H and O–H groups in total. The first kappa shape index (κ1) is 17.6. The van der Waals surface area contributed by atoms with Crippen molar-refractivity contribution in [1.82, 2.24) is 19.1 Å². The van der Waals surface area contributed by atoms with Crippen LogP contribution in [0.15, 0.2) is 24.3 Å². The van der Waals surface area contributed by atoms with E-state index >= 15 is 0 Å². The van der Waals surface area contributed by atoms with E-state index in [0.717, 1.165) is 50.3 Å². The smallest absolute Gasteiger partial charge is 0.218 e. The van der Waals surface area contributed by atoms with Gasteiger partial charge in [-0.1, -0.05) is 18.6 Å². The topological polar surface area (TPSA) is 68.1 Å². The van der Waals surface area contributed by atoms with Crippen molar-refractivity contribution in [2.75, 3.05) is 6.54 Å². The molecule has 2 aromatic rings. The van der Waals surface area contributed by atoms with Gasteiger partial charge in [-0.3, -0.25) is 0 Å². The van der Waals surface area contributed by atoms with Crippen molar-refractivity contribution in [1.29, 1.82) is 0 Å². The van der Waals surface area contributed by atoms with Gasteiger partial charge in [-0.05, 0) is 43.4 Å². The zero-order valence-electron chi connectivity index (χ0n) is 14.6. The Hall–Kier alpha value is -1.80. The van der Waals surface area contributed by atoms with Crippen molar-refractivity contribution >= 4 is 10.0 Å². The molecule has 1 unspecified atom stereocenters. The van der Waals surface area contributed by atoms with Crippen LogP contribution in [-0.4, -0.2) is 34.0 Å². The van der Waals surface area contributed by atoms with E-state index in [-0.39, 0.29) is 17.6 Å². The van der Waals surface area contributed by atoms with Gasteiger partial charge in [0, 0.05) is 19.5 Å². The van der Waals surface area contributed by atoms with E-state index in [9.17, 15) is 12.8 Å². The molecule has 0 spiro atoms. The van der Waals surface area contributed by atoms with Gasteiger partial charge in [0.25, 0.3) is 0 Å². The van der Waals surface area contributed by atoms with Crippen LogP contribution in [-0.2, 0) is 28.7 Å². The van der Waals surface area contributed by atoms with Crippen molar-refractivity contribution in [3.8, 4) is 0 Å². The molecule has 140 valence electrons. The lowest BCUT2D eigenvalue weighted by Crippen LogP contribution is -2.33. The zero-order chi connectivity index (χ0) is 18.1. The lowest BCUT2D eigenvalue weighted by atomic mass is 10.2. The maximum Gasteiger partial charge on any atom is 0.218 e. The van der Waals surface area contributed by atoms with Gasteiger partial charge in [0.2, 0.25) is 10.0 Å². The van der Waals surface area contributed by atoms with E-state index in [0.29, 0.717) is 12.1 Å². The first-order valence-corrected chi connectivity index (χ1v) is 10.8. The van der Waals surface area contributed by atoms with E-state index in [4.69, 9.17) is 0 Å². The molecule has 6 nitrogen and oxygen atoms in total. The summed E-state index contributed by atoms with van der Waals surface area (Å²) in [5, 5.41) is 8.68. The average molecular weight is 378 g/mol.